The number of aromatic nitrogens is 1. The molecule has 0 aromatic carbocycles. The highest BCUT2D eigenvalue weighted by atomic mass is 79.9. The first-order valence-corrected chi connectivity index (χ1v) is 8.01. The highest BCUT2D eigenvalue weighted by Gasteiger charge is 2.32. The van der Waals surface area contributed by atoms with Crippen LogP contribution in [0.2, 0.25) is 0 Å². The Balaban J connectivity index is 1.70. The maximum atomic E-state index is 12.4. The van der Waals surface area contributed by atoms with Crippen molar-refractivity contribution in [3.8, 4) is 0 Å². The number of carbonyl (C=O) groups is 2. The first kappa shape index (κ1) is 15.2. The number of halogens is 1. The fourth-order valence-electron chi connectivity index (χ4n) is 2.98. The van der Waals surface area contributed by atoms with Crippen LogP contribution in [0.15, 0.2) is 16.7 Å². The Bertz CT molecular complexity index is 602. The van der Waals surface area contributed by atoms with Crippen molar-refractivity contribution in [1.29, 1.82) is 0 Å². The maximum absolute atomic E-state index is 12.4. The molecule has 3 rings (SSSR count). The van der Waals surface area contributed by atoms with Gasteiger partial charge in [-0.05, 0) is 40.4 Å². The second-order valence-corrected chi connectivity index (χ2v) is 6.43. The molecular weight excluding hydrogens is 352 g/mol. The summed E-state index contributed by atoms with van der Waals surface area (Å²) in [6.45, 7) is 2.04. The average Bonchev–Trinajstić information content (AvgIpc) is 2.65. The summed E-state index contributed by atoms with van der Waals surface area (Å²) in [4.78, 5) is 31.1. The molecule has 1 atom stereocenters. The largest absolute Gasteiger partial charge is 0.465 e. The van der Waals surface area contributed by atoms with Crippen LogP contribution in [-0.4, -0.2) is 64.1 Å². The summed E-state index contributed by atoms with van der Waals surface area (Å²) in [6, 6.07) is 1.75. The molecule has 22 heavy (non-hydrogen) atoms. The molecule has 3 heterocycles. The van der Waals surface area contributed by atoms with E-state index in [1.54, 1.807) is 6.20 Å². The molecule has 2 aliphatic heterocycles. The Morgan fingerprint density at radius 1 is 1.36 bits per heavy atom. The standard InChI is InChI=1S/C14H17BrN4O3/c15-10-7-9-1-2-11(13(20)17-12(9)16-8-10)18-3-5-19(6-4-18)14(21)22/h7-8,11H,1-6H2,(H,21,22)(H,16,17,20)/t11-/m0/s1. The zero-order chi connectivity index (χ0) is 15.7. The number of piperazine rings is 1. The lowest BCUT2D eigenvalue weighted by Gasteiger charge is -2.36. The number of carboxylic acid groups (broad SMARTS) is 1. The summed E-state index contributed by atoms with van der Waals surface area (Å²) in [7, 11) is 0. The van der Waals surface area contributed by atoms with Gasteiger partial charge in [0, 0.05) is 36.8 Å². The molecule has 2 N–H and O–H groups in total. The lowest BCUT2D eigenvalue weighted by molar-refractivity contribution is -0.122. The normalized spacial score (nSPS) is 22.7. The predicted molar refractivity (Wildman–Crippen MR) is 83.8 cm³/mol. The summed E-state index contributed by atoms with van der Waals surface area (Å²) >= 11 is 3.40. The summed E-state index contributed by atoms with van der Waals surface area (Å²) in [5, 5.41) is 11.9. The molecular formula is C14H17BrN4O3. The molecule has 1 fully saturated rings. The third kappa shape index (κ3) is 3.07. The third-order valence-electron chi connectivity index (χ3n) is 4.19. The molecule has 118 valence electrons. The van der Waals surface area contributed by atoms with Gasteiger partial charge in [0.2, 0.25) is 5.91 Å². The van der Waals surface area contributed by atoms with E-state index in [4.69, 9.17) is 5.11 Å². The van der Waals surface area contributed by atoms with Crippen molar-refractivity contribution in [2.45, 2.75) is 18.9 Å². The van der Waals surface area contributed by atoms with Crippen LogP contribution in [0, 0.1) is 0 Å². The number of fused-ring (bicyclic) bond motifs is 1. The van der Waals surface area contributed by atoms with Gasteiger partial charge in [0.15, 0.2) is 0 Å². The molecule has 0 aliphatic carbocycles. The molecule has 1 saturated heterocycles. The van der Waals surface area contributed by atoms with Crippen LogP contribution < -0.4 is 5.32 Å². The zero-order valence-electron chi connectivity index (χ0n) is 12.0. The van der Waals surface area contributed by atoms with Crippen LogP contribution in [-0.2, 0) is 11.2 Å². The summed E-state index contributed by atoms with van der Waals surface area (Å²) in [5.41, 5.74) is 1.02. The quantitative estimate of drug-likeness (QED) is 0.782. The molecule has 2 amide bonds. The number of anilines is 1. The van der Waals surface area contributed by atoms with Crippen molar-refractivity contribution >= 4 is 33.7 Å². The van der Waals surface area contributed by atoms with E-state index in [0.29, 0.717) is 38.4 Å². The van der Waals surface area contributed by atoms with E-state index in [1.807, 2.05) is 6.07 Å². The van der Waals surface area contributed by atoms with Gasteiger partial charge >= 0.3 is 6.09 Å². The second-order valence-electron chi connectivity index (χ2n) is 5.51. The molecule has 8 heteroatoms. The van der Waals surface area contributed by atoms with E-state index in [9.17, 15) is 9.59 Å². The van der Waals surface area contributed by atoms with E-state index in [2.05, 4.69) is 31.1 Å². The molecule has 0 radical (unpaired) electrons. The van der Waals surface area contributed by atoms with Gasteiger partial charge in [-0.1, -0.05) is 0 Å². The lowest BCUT2D eigenvalue weighted by Crippen LogP contribution is -2.54. The molecule has 7 nitrogen and oxygen atoms in total. The molecule has 0 unspecified atom stereocenters. The highest BCUT2D eigenvalue weighted by molar-refractivity contribution is 9.10. The molecule has 0 spiro atoms. The van der Waals surface area contributed by atoms with Gasteiger partial charge in [-0.3, -0.25) is 9.69 Å². The fraction of sp³-hybridized carbons (Fsp3) is 0.500. The Hall–Kier alpha value is -1.67. The van der Waals surface area contributed by atoms with Crippen molar-refractivity contribution in [2.24, 2.45) is 0 Å². The lowest BCUT2D eigenvalue weighted by atomic mass is 10.1. The van der Waals surface area contributed by atoms with Gasteiger partial charge in [-0.2, -0.15) is 0 Å². The van der Waals surface area contributed by atoms with Crippen LogP contribution in [0.4, 0.5) is 10.6 Å². The second kappa shape index (κ2) is 6.21. The number of rotatable bonds is 1. The highest BCUT2D eigenvalue weighted by Crippen LogP contribution is 2.25. The number of nitrogens with one attached hydrogen (secondary N) is 1. The topological polar surface area (TPSA) is 85.8 Å². The number of pyridine rings is 1. The minimum atomic E-state index is -0.897. The fourth-order valence-corrected chi connectivity index (χ4v) is 3.36. The van der Waals surface area contributed by atoms with E-state index in [0.717, 1.165) is 16.5 Å². The molecule has 0 bridgehead atoms. The SMILES string of the molecule is O=C1Nc2ncc(Br)cc2CC[C@@H]1N1CCN(C(=O)O)CC1. The van der Waals surface area contributed by atoms with Crippen molar-refractivity contribution in [3.63, 3.8) is 0 Å². The van der Waals surface area contributed by atoms with Crippen molar-refractivity contribution in [2.75, 3.05) is 31.5 Å². The average molecular weight is 369 g/mol. The van der Waals surface area contributed by atoms with E-state index < -0.39 is 6.09 Å². The molecule has 1 aromatic heterocycles. The predicted octanol–water partition coefficient (Wildman–Crippen LogP) is 1.39. The van der Waals surface area contributed by atoms with Gasteiger partial charge in [0.25, 0.3) is 0 Å². The number of hydrogen-bond donors (Lipinski definition) is 2. The summed E-state index contributed by atoms with van der Waals surface area (Å²) < 4.78 is 0.897. The Labute approximate surface area is 136 Å². The number of nitrogens with zero attached hydrogens (tertiary/aromatic N) is 3. The minimum absolute atomic E-state index is 0.0580. The monoisotopic (exact) mass is 368 g/mol. The molecule has 2 aliphatic rings. The number of hydrogen-bond acceptors (Lipinski definition) is 4. The Kier molecular flexibility index (Phi) is 4.30. The van der Waals surface area contributed by atoms with Gasteiger partial charge in [0.05, 0.1) is 6.04 Å². The first-order chi connectivity index (χ1) is 10.5. The zero-order valence-corrected chi connectivity index (χ0v) is 13.5. The van der Waals surface area contributed by atoms with Crippen molar-refractivity contribution < 1.29 is 14.7 Å². The van der Waals surface area contributed by atoms with Crippen LogP contribution in [0.3, 0.4) is 0 Å². The number of aryl methyl sites for hydroxylation is 1. The smallest absolute Gasteiger partial charge is 0.407 e. The van der Waals surface area contributed by atoms with Crippen LogP contribution in [0.25, 0.3) is 0 Å². The van der Waals surface area contributed by atoms with Gasteiger partial charge in [-0.15, -0.1) is 0 Å². The minimum Gasteiger partial charge on any atom is -0.465 e. The first-order valence-electron chi connectivity index (χ1n) is 7.22. The molecule has 0 saturated carbocycles. The summed E-state index contributed by atoms with van der Waals surface area (Å²) in [5.74, 6) is 0.567. The van der Waals surface area contributed by atoms with Gasteiger partial charge in [-0.25, -0.2) is 9.78 Å². The van der Waals surface area contributed by atoms with E-state index in [-0.39, 0.29) is 11.9 Å². The number of carbonyl (C=O) groups excluding carboxylic acids is 1. The van der Waals surface area contributed by atoms with E-state index >= 15 is 0 Å². The van der Waals surface area contributed by atoms with Crippen LogP contribution in [0.5, 0.6) is 0 Å². The van der Waals surface area contributed by atoms with E-state index in [1.165, 1.54) is 4.90 Å². The summed E-state index contributed by atoms with van der Waals surface area (Å²) in [6.07, 6.45) is 2.26. The van der Waals surface area contributed by atoms with Crippen molar-refractivity contribution in [3.05, 3.63) is 22.3 Å². The van der Waals surface area contributed by atoms with Crippen LogP contribution >= 0.6 is 15.9 Å². The molecule has 1 aromatic rings. The number of amides is 2. The Morgan fingerprint density at radius 2 is 2.09 bits per heavy atom. The van der Waals surface area contributed by atoms with Crippen molar-refractivity contribution in [1.82, 2.24) is 14.8 Å². The maximum Gasteiger partial charge on any atom is 0.407 e. The van der Waals surface area contributed by atoms with Gasteiger partial charge < -0.3 is 15.3 Å². The Morgan fingerprint density at radius 3 is 2.77 bits per heavy atom. The third-order valence-corrected chi connectivity index (χ3v) is 4.62. The van der Waals surface area contributed by atoms with Gasteiger partial charge in [0.1, 0.15) is 5.82 Å². The van der Waals surface area contributed by atoms with Crippen LogP contribution in [0.1, 0.15) is 12.0 Å².